The van der Waals surface area contributed by atoms with Gasteiger partial charge in [0.05, 0.1) is 11.5 Å². The van der Waals surface area contributed by atoms with E-state index in [-0.39, 0.29) is 16.6 Å². The van der Waals surface area contributed by atoms with Gasteiger partial charge in [-0.15, -0.1) is 6.58 Å². The van der Waals surface area contributed by atoms with Crippen molar-refractivity contribution in [3.8, 4) is 11.1 Å². The minimum absolute atomic E-state index is 0.180. The van der Waals surface area contributed by atoms with E-state index in [1.807, 2.05) is 31.2 Å². The van der Waals surface area contributed by atoms with Gasteiger partial charge in [0.15, 0.2) is 5.82 Å². The van der Waals surface area contributed by atoms with Gasteiger partial charge in [-0.3, -0.25) is 4.72 Å². The Hall–Kier alpha value is -2.90. The maximum atomic E-state index is 13.5. The zero-order valence-electron chi connectivity index (χ0n) is 22.8. The highest BCUT2D eigenvalue weighted by Crippen LogP contribution is 2.37. The largest absolute Gasteiger partial charge is 0.377 e. The summed E-state index contributed by atoms with van der Waals surface area (Å²) in [7, 11) is -3.93. The molecule has 1 atom stereocenters. The molecule has 6 nitrogen and oxygen atoms in total. The molecule has 1 unspecified atom stereocenters. The van der Waals surface area contributed by atoms with Crippen molar-refractivity contribution in [2.24, 2.45) is 0 Å². The molecular formula is C30H40N2O4S. The number of benzene rings is 2. The highest BCUT2D eigenvalue weighted by atomic mass is 32.2. The molecule has 0 saturated carbocycles. The maximum Gasteiger partial charge on any atom is 0.263 e. The van der Waals surface area contributed by atoms with Crippen LogP contribution in [0.5, 0.6) is 0 Å². The van der Waals surface area contributed by atoms with Crippen LogP contribution in [0.4, 0.5) is 5.82 Å². The molecule has 2 aromatic carbocycles. The molecule has 0 amide bonds. The average molecular weight is 525 g/mol. The number of ether oxygens (including phenoxy) is 1. The van der Waals surface area contributed by atoms with Gasteiger partial charge >= 0.3 is 0 Å². The fraction of sp³-hybridized carbons (Fsp3) is 0.433. The molecule has 37 heavy (non-hydrogen) atoms. The number of hydrogen-bond donors (Lipinski definition) is 1. The Morgan fingerprint density at radius 1 is 1.03 bits per heavy atom. The summed E-state index contributed by atoms with van der Waals surface area (Å²) in [4.78, 5) is 0.180. The Morgan fingerprint density at radius 2 is 1.78 bits per heavy atom. The Labute approximate surface area is 222 Å². The quantitative estimate of drug-likeness (QED) is 0.172. The number of sulfonamides is 1. The third-order valence-corrected chi connectivity index (χ3v) is 8.40. The monoisotopic (exact) mass is 524 g/mol. The van der Waals surface area contributed by atoms with Crippen LogP contribution in [-0.4, -0.2) is 20.2 Å². The summed E-state index contributed by atoms with van der Waals surface area (Å²) in [6.45, 7) is 14.9. The van der Waals surface area contributed by atoms with E-state index in [9.17, 15) is 8.42 Å². The van der Waals surface area contributed by atoms with Crippen molar-refractivity contribution in [2.45, 2.75) is 84.1 Å². The first kappa shape index (κ1) is 28.7. The summed E-state index contributed by atoms with van der Waals surface area (Å²) in [5.41, 5.74) is 5.46. The fourth-order valence-electron chi connectivity index (χ4n) is 4.63. The van der Waals surface area contributed by atoms with Crippen LogP contribution in [0.15, 0.2) is 58.5 Å². The third-order valence-electron chi connectivity index (χ3n) is 7.00. The van der Waals surface area contributed by atoms with E-state index in [0.29, 0.717) is 30.1 Å². The van der Waals surface area contributed by atoms with Gasteiger partial charge in [0.25, 0.3) is 10.0 Å². The Kier molecular flexibility index (Phi) is 10.1. The first-order chi connectivity index (χ1) is 17.7. The Bertz CT molecular complexity index is 1310. The van der Waals surface area contributed by atoms with E-state index in [4.69, 9.17) is 9.26 Å². The van der Waals surface area contributed by atoms with Crippen molar-refractivity contribution >= 4 is 15.8 Å². The summed E-state index contributed by atoms with van der Waals surface area (Å²) in [6, 6.07) is 11.2. The summed E-state index contributed by atoms with van der Waals surface area (Å²) >= 11 is 0. The molecule has 1 aromatic heterocycles. The Balaban J connectivity index is 2.07. The number of aromatic nitrogens is 1. The lowest BCUT2D eigenvalue weighted by molar-refractivity contribution is 0.134. The second kappa shape index (κ2) is 13.1. The predicted molar refractivity (Wildman–Crippen MR) is 150 cm³/mol. The van der Waals surface area contributed by atoms with Gasteiger partial charge in [0.2, 0.25) is 0 Å². The molecular weight excluding hydrogens is 484 g/mol. The number of rotatable bonds is 14. The van der Waals surface area contributed by atoms with E-state index in [1.165, 1.54) is 24.8 Å². The predicted octanol–water partition coefficient (Wildman–Crippen LogP) is 7.84. The van der Waals surface area contributed by atoms with E-state index < -0.39 is 10.0 Å². The van der Waals surface area contributed by atoms with Crippen molar-refractivity contribution in [2.75, 3.05) is 11.3 Å². The van der Waals surface area contributed by atoms with Crippen LogP contribution in [0.1, 0.15) is 79.9 Å². The van der Waals surface area contributed by atoms with Gasteiger partial charge < -0.3 is 9.26 Å². The second-order valence-corrected chi connectivity index (χ2v) is 11.1. The van der Waals surface area contributed by atoms with E-state index in [0.717, 1.165) is 29.5 Å². The zero-order valence-corrected chi connectivity index (χ0v) is 23.6. The molecule has 0 aliphatic carbocycles. The molecule has 0 radical (unpaired) electrons. The molecule has 200 valence electrons. The van der Waals surface area contributed by atoms with Crippen LogP contribution >= 0.6 is 0 Å². The highest BCUT2D eigenvalue weighted by Gasteiger charge is 2.25. The number of hydrogen-bond acceptors (Lipinski definition) is 5. The number of nitrogens with one attached hydrogen (secondary N) is 1. The molecule has 0 aliphatic rings. The smallest absolute Gasteiger partial charge is 0.263 e. The third kappa shape index (κ3) is 6.70. The standard InChI is InChI=1S/C30H40N2O4S/c1-7-10-11-12-15-24(8-2)25-18-19-26(28(22(25)5)20-35-9-3)27-16-13-14-17-29(27)37(33,34)32-30-21(4)23(6)36-31-30/h8,13-14,16-19,24H,2,7,9-12,15,20H2,1,3-6H3,(H,31,32). The lowest BCUT2D eigenvalue weighted by atomic mass is 9.85. The molecule has 0 bridgehead atoms. The van der Waals surface area contributed by atoms with Gasteiger partial charge in [-0.25, -0.2) is 8.42 Å². The number of anilines is 1. The molecule has 3 aromatic rings. The number of nitrogens with zero attached hydrogens (tertiary/aromatic N) is 1. The van der Waals surface area contributed by atoms with Crippen LogP contribution in [-0.2, 0) is 21.4 Å². The molecule has 1 N–H and O–H groups in total. The van der Waals surface area contributed by atoms with Gasteiger partial charge in [-0.05, 0) is 62.4 Å². The lowest BCUT2D eigenvalue weighted by Gasteiger charge is -2.22. The summed E-state index contributed by atoms with van der Waals surface area (Å²) in [5, 5.41) is 3.88. The average Bonchev–Trinajstić information content (AvgIpc) is 3.20. The van der Waals surface area contributed by atoms with Crippen LogP contribution in [0.3, 0.4) is 0 Å². The SMILES string of the molecule is C=CC(CCCCCC)c1ccc(-c2ccccc2S(=O)(=O)Nc2noc(C)c2C)c(COCC)c1C. The molecule has 1 heterocycles. The number of allylic oxidation sites excluding steroid dienone is 1. The van der Waals surface area contributed by atoms with Gasteiger partial charge in [-0.2, -0.15) is 0 Å². The number of aryl methyl sites for hydroxylation is 1. The van der Waals surface area contributed by atoms with Crippen LogP contribution in [0.2, 0.25) is 0 Å². The first-order valence-electron chi connectivity index (χ1n) is 13.1. The first-order valence-corrected chi connectivity index (χ1v) is 14.6. The molecule has 0 spiro atoms. The zero-order chi connectivity index (χ0) is 27.0. The maximum absolute atomic E-state index is 13.5. The van der Waals surface area contributed by atoms with E-state index in [1.54, 1.807) is 26.0 Å². The van der Waals surface area contributed by atoms with Crippen LogP contribution in [0, 0.1) is 20.8 Å². The van der Waals surface area contributed by atoms with Crippen LogP contribution < -0.4 is 4.72 Å². The topological polar surface area (TPSA) is 81.4 Å². The van der Waals surface area contributed by atoms with Crippen molar-refractivity contribution in [3.05, 3.63) is 77.1 Å². The summed E-state index contributed by atoms with van der Waals surface area (Å²) in [6.07, 6.45) is 7.89. The van der Waals surface area contributed by atoms with Crippen LogP contribution in [0.25, 0.3) is 11.1 Å². The van der Waals surface area contributed by atoms with Crippen molar-refractivity contribution in [3.63, 3.8) is 0 Å². The molecule has 0 fully saturated rings. The minimum Gasteiger partial charge on any atom is -0.377 e. The van der Waals surface area contributed by atoms with E-state index in [2.05, 4.69) is 36.4 Å². The molecule has 7 heteroatoms. The Morgan fingerprint density at radius 3 is 2.43 bits per heavy atom. The number of unbranched alkanes of at least 4 members (excludes halogenated alkanes) is 3. The highest BCUT2D eigenvalue weighted by molar-refractivity contribution is 7.92. The second-order valence-electron chi connectivity index (χ2n) is 9.45. The van der Waals surface area contributed by atoms with Gasteiger partial charge in [-0.1, -0.05) is 74.2 Å². The fourth-order valence-corrected chi connectivity index (χ4v) is 5.91. The van der Waals surface area contributed by atoms with Crippen molar-refractivity contribution < 1.29 is 17.7 Å². The molecule has 0 aliphatic heterocycles. The molecule has 3 rings (SSSR count). The minimum atomic E-state index is -3.93. The normalized spacial score (nSPS) is 12.5. The van der Waals surface area contributed by atoms with Gasteiger partial charge in [0.1, 0.15) is 5.76 Å². The summed E-state index contributed by atoms with van der Waals surface area (Å²) < 4.78 is 40.7. The van der Waals surface area contributed by atoms with Crippen molar-refractivity contribution in [1.82, 2.24) is 5.16 Å². The van der Waals surface area contributed by atoms with Crippen molar-refractivity contribution in [1.29, 1.82) is 0 Å². The molecule has 0 saturated heterocycles. The van der Waals surface area contributed by atoms with Gasteiger partial charge in [0, 0.05) is 23.7 Å². The van der Waals surface area contributed by atoms with E-state index >= 15 is 0 Å². The summed E-state index contributed by atoms with van der Waals surface area (Å²) in [5.74, 6) is 1.01. The lowest BCUT2D eigenvalue weighted by Crippen LogP contribution is -2.15.